The largest absolute Gasteiger partial charge is 0.357 e. The molecule has 0 aliphatic heterocycles. The van der Waals surface area contributed by atoms with Crippen molar-refractivity contribution < 1.29 is 4.39 Å². The first kappa shape index (κ1) is 22.3. The zero-order valence-electron chi connectivity index (χ0n) is 14.3. The zero-order valence-corrected chi connectivity index (χ0v) is 19.0. The summed E-state index contributed by atoms with van der Waals surface area (Å²) >= 11 is 4.92. The molecule has 0 spiro atoms. The van der Waals surface area contributed by atoms with E-state index in [4.69, 9.17) is 0 Å². The highest BCUT2D eigenvalue weighted by Crippen LogP contribution is 2.17. The van der Waals surface area contributed by atoms with Crippen LogP contribution in [0.5, 0.6) is 0 Å². The van der Waals surface area contributed by atoms with Gasteiger partial charge in [0, 0.05) is 24.2 Å². The van der Waals surface area contributed by atoms with Gasteiger partial charge in [-0.1, -0.05) is 13.0 Å². The van der Waals surface area contributed by atoms with Gasteiger partial charge in [0.15, 0.2) is 5.96 Å². The molecular weight excluding hydrogens is 518 g/mol. The van der Waals surface area contributed by atoms with Crippen LogP contribution in [0.15, 0.2) is 33.9 Å². The molecule has 4 nitrogen and oxygen atoms in total. The Kier molecular flexibility index (Phi) is 10.5. The Hall–Kier alpha value is -0.740. The fourth-order valence-corrected chi connectivity index (χ4v) is 3.31. The molecule has 0 amide bonds. The van der Waals surface area contributed by atoms with E-state index in [0.29, 0.717) is 11.0 Å². The van der Waals surface area contributed by atoms with Crippen LogP contribution in [0.1, 0.15) is 29.3 Å². The summed E-state index contributed by atoms with van der Waals surface area (Å²) in [5.74, 6) is 0.531. The molecule has 0 aliphatic rings. The molecule has 0 aliphatic carbocycles. The van der Waals surface area contributed by atoms with Gasteiger partial charge in [0.05, 0.1) is 11.0 Å². The average molecular weight is 541 g/mol. The van der Waals surface area contributed by atoms with Gasteiger partial charge in [-0.15, -0.1) is 35.3 Å². The molecule has 2 aromatic rings. The van der Waals surface area contributed by atoms with Crippen LogP contribution < -0.4 is 10.6 Å². The molecule has 1 heterocycles. The van der Waals surface area contributed by atoms with Crippen LogP contribution in [0.25, 0.3) is 0 Å². The number of aromatic nitrogens is 1. The third-order valence-electron chi connectivity index (χ3n) is 3.36. The van der Waals surface area contributed by atoms with Gasteiger partial charge in [-0.25, -0.2) is 14.4 Å². The number of aliphatic imine (C=N–C) groups is 1. The number of aryl methyl sites for hydroxylation is 1. The maximum atomic E-state index is 13.2. The maximum Gasteiger partial charge on any atom is 0.191 e. The molecule has 25 heavy (non-hydrogen) atoms. The highest BCUT2D eigenvalue weighted by atomic mass is 127. The fraction of sp³-hybridized carbons (Fsp3) is 0.412. The summed E-state index contributed by atoms with van der Waals surface area (Å²) in [6.07, 6.45) is 3.72. The molecule has 0 bridgehead atoms. The highest BCUT2D eigenvalue weighted by Gasteiger charge is 2.03. The Balaban J connectivity index is 0.00000312. The van der Waals surface area contributed by atoms with E-state index in [1.807, 2.05) is 19.2 Å². The Labute approximate surface area is 177 Å². The van der Waals surface area contributed by atoms with Gasteiger partial charge in [0.25, 0.3) is 0 Å². The molecule has 1 aromatic heterocycles. The molecule has 8 heteroatoms. The number of guanidine groups is 1. The van der Waals surface area contributed by atoms with Crippen LogP contribution in [-0.2, 0) is 19.4 Å². The zero-order chi connectivity index (χ0) is 17.4. The predicted molar refractivity (Wildman–Crippen MR) is 118 cm³/mol. The number of nitrogens with one attached hydrogen (secondary N) is 2. The summed E-state index contributed by atoms with van der Waals surface area (Å²) in [4.78, 5) is 10.2. The van der Waals surface area contributed by atoms with Crippen LogP contribution >= 0.6 is 51.2 Å². The van der Waals surface area contributed by atoms with Gasteiger partial charge in [0.2, 0.25) is 0 Å². The van der Waals surface area contributed by atoms with E-state index in [-0.39, 0.29) is 29.8 Å². The summed E-state index contributed by atoms with van der Waals surface area (Å²) in [6.45, 7) is 6.25. The number of halogens is 3. The Morgan fingerprint density at radius 2 is 2.12 bits per heavy atom. The second-order valence-electron chi connectivity index (χ2n) is 5.19. The van der Waals surface area contributed by atoms with E-state index < -0.39 is 0 Å². The minimum atomic E-state index is -0.239. The SMILES string of the molecule is CCNC(=NCc1ncc(CC)s1)NCCc1ccc(F)c(Br)c1.I. The first-order valence-corrected chi connectivity index (χ1v) is 9.63. The number of hydrogen-bond donors (Lipinski definition) is 2. The van der Waals surface area contributed by atoms with E-state index in [2.05, 4.69) is 43.5 Å². The van der Waals surface area contributed by atoms with E-state index in [1.54, 1.807) is 17.4 Å². The molecular formula is C17H23BrFIN4S. The van der Waals surface area contributed by atoms with Gasteiger partial charge in [-0.2, -0.15) is 0 Å². The van der Waals surface area contributed by atoms with Crippen molar-refractivity contribution in [2.24, 2.45) is 4.99 Å². The predicted octanol–water partition coefficient (Wildman–Crippen LogP) is 4.52. The summed E-state index contributed by atoms with van der Waals surface area (Å²) < 4.78 is 13.7. The third-order valence-corrected chi connectivity index (χ3v) is 5.09. The molecule has 0 unspecified atom stereocenters. The molecule has 2 rings (SSSR count). The Morgan fingerprint density at radius 3 is 2.76 bits per heavy atom. The third kappa shape index (κ3) is 7.57. The van der Waals surface area contributed by atoms with Crippen molar-refractivity contribution in [3.8, 4) is 0 Å². The summed E-state index contributed by atoms with van der Waals surface area (Å²) in [5.41, 5.74) is 1.07. The van der Waals surface area contributed by atoms with Crippen molar-refractivity contribution in [3.63, 3.8) is 0 Å². The molecule has 0 saturated carbocycles. The molecule has 1 aromatic carbocycles. The Bertz CT molecular complexity index is 693. The lowest BCUT2D eigenvalue weighted by molar-refractivity contribution is 0.620. The van der Waals surface area contributed by atoms with Gasteiger partial charge in [-0.05, 0) is 53.4 Å². The summed E-state index contributed by atoms with van der Waals surface area (Å²) in [7, 11) is 0. The maximum absolute atomic E-state index is 13.2. The van der Waals surface area contributed by atoms with Crippen LogP contribution in [0, 0.1) is 5.82 Å². The van der Waals surface area contributed by atoms with Crippen molar-refractivity contribution >= 4 is 57.2 Å². The lowest BCUT2D eigenvalue weighted by Crippen LogP contribution is -2.38. The Morgan fingerprint density at radius 1 is 1.32 bits per heavy atom. The van der Waals surface area contributed by atoms with E-state index >= 15 is 0 Å². The number of nitrogens with zero attached hydrogens (tertiary/aromatic N) is 2. The average Bonchev–Trinajstić information content (AvgIpc) is 3.04. The van der Waals surface area contributed by atoms with Gasteiger partial charge < -0.3 is 10.6 Å². The standard InChI is InChI=1S/C17H22BrFN4S.HI/c1-3-13-10-22-16(24-13)11-23-17(20-4-2)21-8-7-12-5-6-15(19)14(18)9-12;/h5-6,9-10H,3-4,7-8,11H2,1-2H3,(H2,20,21,23);1H. The number of rotatable bonds is 7. The van der Waals surface area contributed by atoms with Crippen molar-refractivity contribution in [1.82, 2.24) is 15.6 Å². The topological polar surface area (TPSA) is 49.3 Å². The van der Waals surface area contributed by atoms with Gasteiger partial charge in [-0.3, -0.25) is 0 Å². The summed E-state index contributed by atoms with van der Waals surface area (Å²) in [6, 6.07) is 5.09. The fourth-order valence-electron chi connectivity index (χ4n) is 2.09. The molecule has 0 atom stereocenters. The van der Waals surface area contributed by atoms with Crippen molar-refractivity contribution in [2.45, 2.75) is 33.2 Å². The second-order valence-corrected chi connectivity index (χ2v) is 7.25. The lowest BCUT2D eigenvalue weighted by Gasteiger charge is -2.11. The molecule has 0 saturated heterocycles. The molecule has 2 N–H and O–H groups in total. The smallest absolute Gasteiger partial charge is 0.191 e. The lowest BCUT2D eigenvalue weighted by atomic mass is 10.1. The normalized spacial score (nSPS) is 11.1. The first-order valence-electron chi connectivity index (χ1n) is 8.02. The van der Waals surface area contributed by atoms with Crippen molar-refractivity contribution in [3.05, 3.63) is 50.1 Å². The molecule has 0 fully saturated rings. The number of thiazole rings is 1. The quantitative estimate of drug-likeness (QED) is 0.308. The van der Waals surface area contributed by atoms with E-state index in [0.717, 1.165) is 42.5 Å². The highest BCUT2D eigenvalue weighted by molar-refractivity contribution is 14.0. The first-order chi connectivity index (χ1) is 11.6. The summed E-state index contributed by atoms with van der Waals surface area (Å²) in [5, 5.41) is 7.55. The van der Waals surface area contributed by atoms with Crippen LogP contribution in [0.2, 0.25) is 0 Å². The van der Waals surface area contributed by atoms with Gasteiger partial charge in [0.1, 0.15) is 10.8 Å². The van der Waals surface area contributed by atoms with E-state index in [9.17, 15) is 4.39 Å². The number of benzene rings is 1. The van der Waals surface area contributed by atoms with Crippen molar-refractivity contribution in [2.75, 3.05) is 13.1 Å². The minimum Gasteiger partial charge on any atom is -0.357 e. The second kappa shape index (κ2) is 11.8. The van der Waals surface area contributed by atoms with Gasteiger partial charge >= 0.3 is 0 Å². The minimum absolute atomic E-state index is 0. The molecule has 138 valence electrons. The van der Waals surface area contributed by atoms with Crippen molar-refractivity contribution in [1.29, 1.82) is 0 Å². The van der Waals surface area contributed by atoms with E-state index in [1.165, 1.54) is 10.9 Å². The van der Waals surface area contributed by atoms with Crippen LogP contribution in [0.3, 0.4) is 0 Å². The van der Waals surface area contributed by atoms with Crippen LogP contribution in [-0.4, -0.2) is 24.0 Å². The molecule has 0 radical (unpaired) electrons. The van der Waals surface area contributed by atoms with Crippen LogP contribution in [0.4, 0.5) is 4.39 Å². The number of hydrogen-bond acceptors (Lipinski definition) is 3. The monoisotopic (exact) mass is 540 g/mol.